The first kappa shape index (κ1) is 11.9. The summed E-state index contributed by atoms with van der Waals surface area (Å²) >= 11 is 0. The van der Waals surface area contributed by atoms with Crippen LogP contribution in [0.2, 0.25) is 0 Å². The molecule has 0 aliphatic heterocycles. The largest absolute Gasteiger partial charge is 0.377 e. The van der Waals surface area contributed by atoms with E-state index < -0.39 is 0 Å². The van der Waals surface area contributed by atoms with Gasteiger partial charge in [-0.1, -0.05) is 6.92 Å². The summed E-state index contributed by atoms with van der Waals surface area (Å²) in [5, 5.41) is 0. The van der Waals surface area contributed by atoms with E-state index in [1.165, 1.54) is 0 Å². The molecular formula is C9H21NO2. The minimum absolute atomic E-state index is 0.0324. The molecule has 0 rings (SSSR count). The molecule has 0 aliphatic carbocycles. The number of rotatable bonds is 5. The van der Waals surface area contributed by atoms with Gasteiger partial charge in [-0.3, -0.25) is 0 Å². The lowest BCUT2D eigenvalue weighted by Gasteiger charge is -2.35. The molecule has 0 radical (unpaired) electrons. The first-order chi connectivity index (χ1) is 5.49. The molecular weight excluding hydrogens is 154 g/mol. The van der Waals surface area contributed by atoms with Gasteiger partial charge in [0, 0.05) is 20.3 Å². The highest BCUT2D eigenvalue weighted by atomic mass is 16.5. The normalized spacial score (nSPS) is 17.5. The van der Waals surface area contributed by atoms with Gasteiger partial charge in [-0.05, 0) is 20.3 Å². The van der Waals surface area contributed by atoms with Crippen LogP contribution in [0.3, 0.4) is 0 Å². The maximum atomic E-state index is 5.88. The average Bonchev–Trinajstić information content (AvgIpc) is 2.05. The van der Waals surface area contributed by atoms with E-state index in [0.717, 1.165) is 6.42 Å². The Bertz CT molecular complexity index is 126. The predicted molar refractivity (Wildman–Crippen MR) is 50.2 cm³/mol. The van der Waals surface area contributed by atoms with Gasteiger partial charge in [0.25, 0.3) is 0 Å². The van der Waals surface area contributed by atoms with Gasteiger partial charge in [0.2, 0.25) is 0 Å². The summed E-state index contributed by atoms with van der Waals surface area (Å²) in [5.41, 5.74) is 5.57. The Labute approximate surface area is 75.2 Å². The summed E-state index contributed by atoms with van der Waals surface area (Å²) in [4.78, 5) is 0. The van der Waals surface area contributed by atoms with Gasteiger partial charge < -0.3 is 15.2 Å². The summed E-state index contributed by atoms with van der Waals surface area (Å²) in [5.74, 6) is 0. The quantitative estimate of drug-likeness (QED) is 0.682. The van der Waals surface area contributed by atoms with Crippen molar-refractivity contribution >= 4 is 0 Å². The molecule has 2 atom stereocenters. The molecule has 0 bridgehead atoms. The van der Waals surface area contributed by atoms with E-state index in [9.17, 15) is 0 Å². The second-order valence-electron chi connectivity index (χ2n) is 3.54. The molecule has 0 amide bonds. The van der Waals surface area contributed by atoms with Crippen LogP contribution in [0, 0.1) is 0 Å². The second kappa shape index (κ2) is 4.80. The SMILES string of the molecule is CCC(N)C(OC)C(C)(C)OC. The van der Waals surface area contributed by atoms with Gasteiger partial charge in [0.15, 0.2) is 0 Å². The third-order valence-corrected chi connectivity index (χ3v) is 2.33. The van der Waals surface area contributed by atoms with E-state index in [4.69, 9.17) is 15.2 Å². The van der Waals surface area contributed by atoms with Crippen LogP contribution in [0.5, 0.6) is 0 Å². The maximum absolute atomic E-state index is 5.88. The minimum Gasteiger partial charge on any atom is -0.377 e. The van der Waals surface area contributed by atoms with Crippen LogP contribution in [0.15, 0.2) is 0 Å². The second-order valence-corrected chi connectivity index (χ2v) is 3.54. The molecule has 0 aromatic carbocycles. The number of nitrogens with two attached hydrogens (primary N) is 1. The zero-order valence-corrected chi connectivity index (χ0v) is 8.76. The first-order valence-electron chi connectivity index (χ1n) is 4.33. The van der Waals surface area contributed by atoms with Gasteiger partial charge in [-0.15, -0.1) is 0 Å². The monoisotopic (exact) mass is 175 g/mol. The molecule has 0 saturated carbocycles. The van der Waals surface area contributed by atoms with Crippen molar-refractivity contribution in [1.29, 1.82) is 0 Å². The predicted octanol–water partition coefficient (Wildman–Crippen LogP) is 1.16. The molecule has 3 heteroatoms. The average molecular weight is 175 g/mol. The number of ether oxygens (including phenoxy) is 2. The molecule has 2 N–H and O–H groups in total. The summed E-state index contributed by atoms with van der Waals surface area (Å²) in [6, 6.07) is 0.0324. The molecule has 0 fully saturated rings. The standard InChI is InChI=1S/C9H21NO2/c1-6-7(10)8(11-4)9(2,3)12-5/h7-8H,6,10H2,1-5H3. The van der Waals surface area contributed by atoms with Crippen molar-refractivity contribution in [3.8, 4) is 0 Å². The van der Waals surface area contributed by atoms with Gasteiger partial charge in [0.1, 0.15) is 6.10 Å². The van der Waals surface area contributed by atoms with Crippen molar-refractivity contribution in [2.45, 2.75) is 44.9 Å². The molecule has 74 valence electrons. The van der Waals surface area contributed by atoms with E-state index >= 15 is 0 Å². The van der Waals surface area contributed by atoms with Crippen LogP contribution in [-0.4, -0.2) is 32.0 Å². The summed E-state index contributed by atoms with van der Waals surface area (Å²) in [6.07, 6.45) is 0.846. The van der Waals surface area contributed by atoms with Crippen LogP contribution in [0.1, 0.15) is 27.2 Å². The zero-order valence-electron chi connectivity index (χ0n) is 8.76. The van der Waals surface area contributed by atoms with Crippen LogP contribution < -0.4 is 5.73 Å². The van der Waals surface area contributed by atoms with E-state index in [-0.39, 0.29) is 17.7 Å². The Hall–Kier alpha value is -0.120. The third kappa shape index (κ3) is 2.73. The molecule has 3 nitrogen and oxygen atoms in total. The van der Waals surface area contributed by atoms with Crippen LogP contribution in [0.4, 0.5) is 0 Å². The van der Waals surface area contributed by atoms with E-state index in [2.05, 4.69) is 0 Å². The van der Waals surface area contributed by atoms with Crippen molar-refractivity contribution in [3.63, 3.8) is 0 Å². The van der Waals surface area contributed by atoms with Crippen molar-refractivity contribution in [3.05, 3.63) is 0 Å². The minimum atomic E-state index is -0.315. The molecule has 0 saturated heterocycles. The lowest BCUT2D eigenvalue weighted by atomic mass is 9.93. The highest BCUT2D eigenvalue weighted by Crippen LogP contribution is 2.19. The van der Waals surface area contributed by atoms with Crippen molar-refractivity contribution < 1.29 is 9.47 Å². The van der Waals surface area contributed by atoms with Crippen molar-refractivity contribution in [2.24, 2.45) is 5.73 Å². The molecule has 0 aromatic heterocycles. The Morgan fingerprint density at radius 1 is 1.33 bits per heavy atom. The fourth-order valence-corrected chi connectivity index (χ4v) is 1.30. The topological polar surface area (TPSA) is 44.5 Å². The van der Waals surface area contributed by atoms with E-state index in [0.29, 0.717) is 0 Å². The molecule has 2 unspecified atom stereocenters. The lowest BCUT2D eigenvalue weighted by molar-refractivity contribution is -0.104. The van der Waals surface area contributed by atoms with Crippen LogP contribution in [0.25, 0.3) is 0 Å². The fraction of sp³-hybridized carbons (Fsp3) is 1.00. The van der Waals surface area contributed by atoms with E-state index in [1.807, 2.05) is 20.8 Å². The number of hydrogen-bond donors (Lipinski definition) is 1. The fourth-order valence-electron chi connectivity index (χ4n) is 1.30. The van der Waals surface area contributed by atoms with Crippen LogP contribution in [-0.2, 0) is 9.47 Å². The zero-order chi connectivity index (χ0) is 9.78. The van der Waals surface area contributed by atoms with Gasteiger partial charge in [0.05, 0.1) is 5.60 Å². The highest BCUT2D eigenvalue weighted by molar-refractivity contribution is 4.87. The summed E-state index contributed by atoms with van der Waals surface area (Å²) in [6.45, 7) is 6.01. The maximum Gasteiger partial charge on any atom is 0.100 e. The third-order valence-electron chi connectivity index (χ3n) is 2.33. The van der Waals surface area contributed by atoms with Crippen molar-refractivity contribution in [2.75, 3.05) is 14.2 Å². The summed E-state index contributed by atoms with van der Waals surface area (Å²) in [7, 11) is 3.34. The highest BCUT2D eigenvalue weighted by Gasteiger charge is 2.33. The van der Waals surface area contributed by atoms with Gasteiger partial charge in [-0.25, -0.2) is 0 Å². The molecule has 12 heavy (non-hydrogen) atoms. The number of hydrogen-bond acceptors (Lipinski definition) is 3. The summed E-state index contributed by atoms with van der Waals surface area (Å²) < 4.78 is 10.6. The Morgan fingerprint density at radius 3 is 2.08 bits per heavy atom. The smallest absolute Gasteiger partial charge is 0.100 e. The molecule has 0 spiro atoms. The number of methoxy groups -OCH3 is 2. The molecule has 0 aliphatic rings. The lowest BCUT2D eigenvalue weighted by Crippen LogP contribution is -2.50. The van der Waals surface area contributed by atoms with Gasteiger partial charge in [-0.2, -0.15) is 0 Å². The molecule has 0 aromatic rings. The Balaban J connectivity index is 4.32. The van der Waals surface area contributed by atoms with Crippen LogP contribution >= 0.6 is 0 Å². The van der Waals surface area contributed by atoms with E-state index in [1.54, 1.807) is 14.2 Å². The van der Waals surface area contributed by atoms with Gasteiger partial charge >= 0.3 is 0 Å². The Kier molecular flexibility index (Phi) is 4.75. The first-order valence-corrected chi connectivity index (χ1v) is 4.33. The van der Waals surface area contributed by atoms with Crippen molar-refractivity contribution in [1.82, 2.24) is 0 Å². The molecule has 0 heterocycles. The Morgan fingerprint density at radius 2 is 1.83 bits per heavy atom.